The molecule has 27 heavy (non-hydrogen) atoms. The number of primary amides is 1. The van der Waals surface area contributed by atoms with Crippen LogP contribution in [0.3, 0.4) is 0 Å². The predicted octanol–water partition coefficient (Wildman–Crippen LogP) is 2.80. The van der Waals surface area contributed by atoms with Crippen molar-refractivity contribution in [3.8, 4) is 10.4 Å². The Morgan fingerprint density at radius 2 is 2.00 bits per heavy atom. The number of hydrogen-bond donors (Lipinski definition) is 4. The molecule has 1 aromatic carbocycles. The van der Waals surface area contributed by atoms with Gasteiger partial charge in [0.2, 0.25) is 0 Å². The van der Waals surface area contributed by atoms with Crippen molar-refractivity contribution in [1.82, 2.24) is 10.6 Å². The molecule has 2 aromatic rings. The van der Waals surface area contributed by atoms with Gasteiger partial charge in [-0.2, -0.15) is 0 Å². The van der Waals surface area contributed by atoms with Gasteiger partial charge in [-0.05, 0) is 37.6 Å². The van der Waals surface area contributed by atoms with Crippen molar-refractivity contribution in [3.05, 3.63) is 41.2 Å². The highest BCUT2D eigenvalue weighted by Crippen LogP contribution is 2.37. The zero-order chi connectivity index (χ0) is 19.6. The topological polar surface area (TPSA) is 96.2 Å². The second-order valence-corrected chi connectivity index (χ2v) is 7.13. The number of anilines is 1. The number of hydrogen-bond acceptors (Lipinski definition) is 4. The number of halogens is 3. The van der Waals surface area contributed by atoms with Crippen LogP contribution in [0.15, 0.2) is 18.2 Å². The highest BCUT2D eigenvalue weighted by atomic mass is 32.1. The maximum atomic E-state index is 14.1. The highest BCUT2D eigenvalue weighted by Gasteiger charge is 2.24. The summed E-state index contributed by atoms with van der Waals surface area (Å²) in [4.78, 5) is 24.0. The zero-order valence-electron chi connectivity index (χ0n) is 14.1. The van der Waals surface area contributed by atoms with Gasteiger partial charge in [-0.15, -0.1) is 11.3 Å². The maximum absolute atomic E-state index is 14.1. The zero-order valence-corrected chi connectivity index (χ0v) is 14.9. The third-order valence-corrected chi connectivity index (χ3v) is 5.23. The number of piperidine rings is 1. The number of urea groups is 1. The first kappa shape index (κ1) is 19.2. The molecule has 5 N–H and O–H groups in total. The van der Waals surface area contributed by atoms with E-state index in [4.69, 9.17) is 5.73 Å². The summed E-state index contributed by atoms with van der Waals surface area (Å²) in [7, 11) is 0. The van der Waals surface area contributed by atoms with Crippen LogP contribution in [0, 0.1) is 17.5 Å². The van der Waals surface area contributed by atoms with Crippen LogP contribution >= 0.6 is 11.3 Å². The van der Waals surface area contributed by atoms with Gasteiger partial charge in [-0.3, -0.25) is 10.1 Å². The van der Waals surface area contributed by atoms with Crippen LogP contribution in [0.5, 0.6) is 0 Å². The average molecular weight is 398 g/mol. The molecule has 10 heteroatoms. The molecule has 1 aromatic heterocycles. The number of rotatable bonds is 4. The minimum atomic E-state index is -1.61. The molecule has 0 aliphatic carbocycles. The smallest absolute Gasteiger partial charge is 0.317 e. The summed E-state index contributed by atoms with van der Waals surface area (Å²) < 4.78 is 40.8. The summed E-state index contributed by atoms with van der Waals surface area (Å²) in [6.07, 6.45) is 1.71. The molecule has 1 atom stereocenters. The maximum Gasteiger partial charge on any atom is 0.317 e. The molecule has 6 nitrogen and oxygen atoms in total. The normalized spacial score (nSPS) is 16.8. The molecule has 0 bridgehead atoms. The summed E-state index contributed by atoms with van der Waals surface area (Å²) in [6.45, 7) is 1.48. The van der Waals surface area contributed by atoms with E-state index in [0.29, 0.717) is 6.54 Å². The Morgan fingerprint density at radius 1 is 1.22 bits per heavy atom. The first-order chi connectivity index (χ1) is 12.9. The molecule has 3 rings (SSSR count). The van der Waals surface area contributed by atoms with Crippen molar-refractivity contribution >= 4 is 28.3 Å². The molecular formula is C17H17F3N4O2S. The Morgan fingerprint density at radius 3 is 2.67 bits per heavy atom. The van der Waals surface area contributed by atoms with Crippen molar-refractivity contribution < 1.29 is 22.8 Å². The predicted molar refractivity (Wildman–Crippen MR) is 96.2 cm³/mol. The number of nitrogens with one attached hydrogen (secondary N) is 3. The molecule has 144 valence electrons. The molecule has 0 unspecified atom stereocenters. The Balaban J connectivity index is 1.94. The highest BCUT2D eigenvalue weighted by molar-refractivity contribution is 7.20. The molecule has 1 fully saturated rings. The van der Waals surface area contributed by atoms with Crippen LogP contribution in [0.25, 0.3) is 10.4 Å². The molecule has 0 spiro atoms. The van der Waals surface area contributed by atoms with E-state index in [1.54, 1.807) is 0 Å². The lowest BCUT2D eigenvalue weighted by atomic mass is 10.1. The van der Waals surface area contributed by atoms with Crippen LogP contribution in [-0.4, -0.2) is 31.1 Å². The van der Waals surface area contributed by atoms with Crippen LogP contribution in [0.2, 0.25) is 0 Å². The van der Waals surface area contributed by atoms with Crippen molar-refractivity contribution in [1.29, 1.82) is 0 Å². The quantitative estimate of drug-likeness (QED) is 0.597. The van der Waals surface area contributed by atoms with Crippen LogP contribution < -0.4 is 21.7 Å². The number of amides is 3. The third-order valence-electron chi connectivity index (χ3n) is 4.15. The van der Waals surface area contributed by atoms with E-state index >= 15 is 0 Å². The fourth-order valence-corrected chi connectivity index (χ4v) is 3.93. The number of carbonyl (C=O) groups is 2. The van der Waals surface area contributed by atoms with Gasteiger partial charge >= 0.3 is 6.03 Å². The molecule has 0 saturated carbocycles. The van der Waals surface area contributed by atoms with Gasteiger partial charge in [0.05, 0.1) is 5.56 Å². The molecule has 1 saturated heterocycles. The Kier molecular flexibility index (Phi) is 5.66. The summed E-state index contributed by atoms with van der Waals surface area (Å²) in [5.74, 6) is -4.76. The first-order valence-corrected chi connectivity index (χ1v) is 9.04. The van der Waals surface area contributed by atoms with Crippen LogP contribution in [0.4, 0.5) is 23.0 Å². The van der Waals surface area contributed by atoms with Crippen molar-refractivity contribution in [2.45, 2.75) is 18.9 Å². The number of nitrogens with two attached hydrogens (primary N) is 1. The van der Waals surface area contributed by atoms with E-state index in [-0.39, 0.29) is 27.0 Å². The van der Waals surface area contributed by atoms with Crippen molar-refractivity contribution in [3.63, 3.8) is 0 Å². The van der Waals surface area contributed by atoms with Gasteiger partial charge in [0.1, 0.15) is 5.00 Å². The molecule has 1 aliphatic rings. The van der Waals surface area contributed by atoms with Crippen molar-refractivity contribution in [2.24, 2.45) is 5.73 Å². The second kappa shape index (κ2) is 7.97. The monoisotopic (exact) mass is 398 g/mol. The number of thiophene rings is 1. The minimum absolute atomic E-state index is 0.0727. The van der Waals surface area contributed by atoms with Gasteiger partial charge in [-0.1, -0.05) is 0 Å². The number of benzene rings is 1. The van der Waals surface area contributed by atoms with E-state index in [2.05, 4.69) is 16.0 Å². The van der Waals surface area contributed by atoms with Gasteiger partial charge in [0.25, 0.3) is 5.91 Å². The Labute approximate surface area is 156 Å². The molecule has 2 heterocycles. The molecule has 1 aliphatic heterocycles. The molecule has 0 radical (unpaired) electrons. The van der Waals surface area contributed by atoms with Gasteiger partial charge in [-0.25, -0.2) is 18.0 Å². The first-order valence-electron chi connectivity index (χ1n) is 8.22. The van der Waals surface area contributed by atoms with E-state index in [0.717, 1.165) is 42.9 Å². The fourth-order valence-electron chi connectivity index (χ4n) is 2.85. The SMILES string of the molecule is NC(=O)Nc1sc(-c2ccc(F)c(F)c2F)cc1C(=O)N[C@H]1CCCNC1. The van der Waals surface area contributed by atoms with E-state index in [9.17, 15) is 22.8 Å². The lowest BCUT2D eigenvalue weighted by molar-refractivity contribution is 0.0932. The van der Waals surface area contributed by atoms with E-state index < -0.39 is 29.4 Å². The summed E-state index contributed by atoms with van der Waals surface area (Å²) in [5.41, 5.74) is 4.99. The minimum Gasteiger partial charge on any atom is -0.351 e. The van der Waals surface area contributed by atoms with Gasteiger partial charge in [0, 0.05) is 23.0 Å². The molecule has 3 amide bonds. The lowest BCUT2D eigenvalue weighted by Crippen LogP contribution is -2.45. The van der Waals surface area contributed by atoms with E-state index in [1.807, 2.05) is 0 Å². The fraction of sp³-hybridized carbons (Fsp3) is 0.294. The Bertz CT molecular complexity index is 881. The van der Waals surface area contributed by atoms with Gasteiger partial charge < -0.3 is 16.4 Å². The average Bonchev–Trinajstić information content (AvgIpc) is 3.03. The number of carbonyl (C=O) groups excluding carboxylic acids is 2. The molecular weight excluding hydrogens is 381 g/mol. The van der Waals surface area contributed by atoms with E-state index in [1.165, 1.54) is 6.07 Å². The third kappa shape index (κ3) is 4.22. The summed E-state index contributed by atoms with van der Waals surface area (Å²) >= 11 is 0.842. The largest absolute Gasteiger partial charge is 0.351 e. The van der Waals surface area contributed by atoms with Crippen molar-refractivity contribution in [2.75, 3.05) is 18.4 Å². The van der Waals surface area contributed by atoms with Crippen LogP contribution in [0.1, 0.15) is 23.2 Å². The standard InChI is InChI=1S/C17H17F3N4O2S/c18-11-4-3-9(13(19)14(11)20)12-6-10(16(27-12)24-17(21)26)15(25)23-8-2-1-5-22-7-8/h3-4,6,8,22H,1-2,5,7H2,(H,23,25)(H3,21,24,26)/t8-/m0/s1. The lowest BCUT2D eigenvalue weighted by Gasteiger charge is -2.23. The second-order valence-electron chi connectivity index (χ2n) is 6.08. The van der Waals surface area contributed by atoms with Crippen LogP contribution in [-0.2, 0) is 0 Å². The summed E-state index contributed by atoms with van der Waals surface area (Å²) in [5, 5.41) is 8.41. The summed E-state index contributed by atoms with van der Waals surface area (Å²) in [6, 6.07) is 2.19. The van der Waals surface area contributed by atoms with Gasteiger partial charge in [0.15, 0.2) is 17.5 Å². The Hall–Kier alpha value is -2.59.